The number of piperazine rings is 1. The van der Waals surface area contributed by atoms with Gasteiger partial charge in [0.2, 0.25) is 11.8 Å². The maximum atomic E-state index is 13.1. The fourth-order valence-electron chi connectivity index (χ4n) is 4.70. The number of oxazole rings is 1. The molecule has 0 radical (unpaired) electrons. The lowest BCUT2D eigenvalue weighted by Crippen LogP contribution is -2.51. The molecule has 1 aromatic heterocycles. The third kappa shape index (κ3) is 7.20. The predicted molar refractivity (Wildman–Crippen MR) is 147 cm³/mol. The Bertz CT molecular complexity index is 1370. The molecule has 1 aliphatic rings. The van der Waals surface area contributed by atoms with Crippen LogP contribution in [-0.2, 0) is 4.79 Å². The maximum absolute atomic E-state index is 13.1. The van der Waals surface area contributed by atoms with Gasteiger partial charge in [0.25, 0.3) is 0 Å². The highest BCUT2D eigenvalue weighted by atomic mass is 19.1. The van der Waals surface area contributed by atoms with Gasteiger partial charge in [-0.2, -0.15) is 0 Å². The van der Waals surface area contributed by atoms with Crippen LogP contribution in [0.4, 0.5) is 4.39 Å². The fourth-order valence-corrected chi connectivity index (χ4v) is 4.70. The number of benzene rings is 3. The molecule has 2 atom stereocenters. The summed E-state index contributed by atoms with van der Waals surface area (Å²) in [5, 5.41) is 13.5. The van der Waals surface area contributed by atoms with Crippen LogP contribution in [0, 0.1) is 5.82 Å². The molecular formula is C30H33FN4O4. The lowest BCUT2D eigenvalue weighted by molar-refractivity contribution is -0.123. The maximum Gasteiger partial charge on any atom is 0.234 e. The van der Waals surface area contributed by atoms with Crippen molar-refractivity contribution in [1.29, 1.82) is 0 Å². The number of ether oxygens (including phenoxy) is 1. The van der Waals surface area contributed by atoms with E-state index in [4.69, 9.17) is 9.15 Å². The highest BCUT2D eigenvalue weighted by Crippen LogP contribution is 2.27. The van der Waals surface area contributed by atoms with E-state index in [1.54, 1.807) is 12.1 Å². The summed E-state index contributed by atoms with van der Waals surface area (Å²) in [4.78, 5) is 21.3. The molecule has 8 nitrogen and oxygen atoms in total. The normalized spacial score (nSPS) is 16.2. The van der Waals surface area contributed by atoms with Crippen LogP contribution in [0.15, 0.2) is 77.2 Å². The second-order valence-corrected chi connectivity index (χ2v) is 9.90. The zero-order chi connectivity index (χ0) is 27.2. The molecule has 2 heterocycles. The molecular weight excluding hydrogens is 499 g/mol. The van der Waals surface area contributed by atoms with Gasteiger partial charge < -0.3 is 19.6 Å². The van der Waals surface area contributed by atoms with Gasteiger partial charge in [0, 0.05) is 44.4 Å². The zero-order valence-corrected chi connectivity index (χ0v) is 21.9. The first-order valence-electron chi connectivity index (χ1n) is 13.2. The fraction of sp³-hybridized carbons (Fsp3) is 0.333. The SMILES string of the molecule is C[C@H](NC(=O)CN1CCN(CC(O)COc2ccc3oc(-c4ccccc4)nc3c2)CC1)c1ccc(F)cc1. The van der Waals surface area contributed by atoms with E-state index < -0.39 is 6.10 Å². The summed E-state index contributed by atoms with van der Waals surface area (Å²) >= 11 is 0. The van der Waals surface area contributed by atoms with Crippen LogP contribution in [0.5, 0.6) is 5.75 Å². The Hall–Kier alpha value is -3.79. The Morgan fingerprint density at radius 3 is 2.51 bits per heavy atom. The van der Waals surface area contributed by atoms with Crippen LogP contribution in [0.25, 0.3) is 22.6 Å². The van der Waals surface area contributed by atoms with Gasteiger partial charge in [-0.25, -0.2) is 9.37 Å². The van der Waals surface area contributed by atoms with Gasteiger partial charge >= 0.3 is 0 Å². The molecule has 204 valence electrons. The van der Waals surface area contributed by atoms with Crippen molar-refractivity contribution in [2.45, 2.75) is 19.1 Å². The third-order valence-electron chi connectivity index (χ3n) is 6.87. The van der Waals surface area contributed by atoms with Gasteiger partial charge in [-0.15, -0.1) is 0 Å². The molecule has 2 N–H and O–H groups in total. The number of halogens is 1. The van der Waals surface area contributed by atoms with Crippen molar-refractivity contribution >= 4 is 17.0 Å². The number of aromatic nitrogens is 1. The molecule has 0 aliphatic carbocycles. The van der Waals surface area contributed by atoms with E-state index in [0.717, 1.165) is 37.3 Å². The summed E-state index contributed by atoms with van der Waals surface area (Å²) in [5.74, 6) is 0.827. The topological polar surface area (TPSA) is 91.1 Å². The van der Waals surface area contributed by atoms with Gasteiger partial charge in [-0.05, 0) is 48.9 Å². The van der Waals surface area contributed by atoms with Crippen molar-refractivity contribution < 1.29 is 23.4 Å². The van der Waals surface area contributed by atoms with Crippen LogP contribution in [-0.4, -0.2) is 77.8 Å². The van der Waals surface area contributed by atoms with Crippen molar-refractivity contribution in [3.63, 3.8) is 0 Å². The van der Waals surface area contributed by atoms with Crippen molar-refractivity contribution in [1.82, 2.24) is 20.1 Å². The first-order chi connectivity index (χ1) is 18.9. The quantitative estimate of drug-likeness (QED) is 0.321. The molecule has 5 rings (SSSR count). The number of nitrogens with one attached hydrogen (secondary N) is 1. The number of aliphatic hydroxyl groups excluding tert-OH is 1. The average molecular weight is 533 g/mol. The number of nitrogens with zero attached hydrogens (tertiary/aromatic N) is 3. The Morgan fingerprint density at radius 2 is 1.77 bits per heavy atom. The Morgan fingerprint density at radius 1 is 1.05 bits per heavy atom. The number of carbonyl (C=O) groups is 1. The first kappa shape index (κ1) is 26.8. The first-order valence-corrected chi connectivity index (χ1v) is 13.2. The molecule has 1 unspecified atom stereocenters. The smallest absolute Gasteiger partial charge is 0.234 e. The Balaban J connectivity index is 1.03. The number of carbonyl (C=O) groups excluding carboxylic acids is 1. The van der Waals surface area contributed by atoms with Crippen LogP contribution < -0.4 is 10.1 Å². The molecule has 4 aromatic rings. The molecule has 9 heteroatoms. The molecule has 1 aliphatic heterocycles. The van der Waals surface area contributed by atoms with E-state index in [1.807, 2.05) is 55.5 Å². The summed E-state index contributed by atoms with van der Waals surface area (Å²) < 4.78 is 24.8. The summed E-state index contributed by atoms with van der Waals surface area (Å²) in [6, 6.07) is 21.2. The number of fused-ring (bicyclic) bond motifs is 1. The Kier molecular flexibility index (Phi) is 8.51. The van der Waals surface area contributed by atoms with Crippen molar-refractivity contribution in [2.75, 3.05) is 45.9 Å². The van der Waals surface area contributed by atoms with Crippen LogP contribution in [0.2, 0.25) is 0 Å². The number of hydrogen-bond donors (Lipinski definition) is 2. The molecule has 39 heavy (non-hydrogen) atoms. The number of β-amino-alcohol motifs (C(OH)–C–C–N with tert-alkyl or cyclic N) is 1. The summed E-state index contributed by atoms with van der Waals surface area (Å²) in [5.41, 5.74) is 3.15. The largest absolute Gasteiger partial charge is 0.491 e. The third-order valence-corrected chi connectivity index (χ3v) is 6.87. The summed E-state index contributed by atoms with van der Waals surface area (Å²) in [6.45, 7) is 5.83. The standard InChI is InChI=1S/C30H33FN4O4/c1-21(22-7-9-24(31)10-8-22)32-29(37)19-35-15-13-34(14-16-35)18-25(36)20-38-26-11-12-28-27(17-26)33-30(39-28)23-5-3-2-4-6-23/h2-12,17,21,25,36H,13-16,18-20H2,1H3,(H,32,37)/t21-,25?/m0/s1. The number of rotatable bonds is 10. The minimum absolute atomic E-state index is 0.0614. The number of aliphatic hydroxyl groups is 1. The van der Waals surface area contributed by atoms with E-state index in [0.29, 0.717) is 35.8 Å². The molecule has 1 fully saturated rings. The molecule has 1 amide bonds. The van der Waals surface area contributed by atoms with Crippen LogP contribution >= 0.6 is 0 Å². The highest BCUT2D eigenvalue weighted by molar-refractivity contribution is 5.78. The van der Waals surface area contributed by atoms with Crippen LogP contribution in [0.3, 0.4) is 0 Å². The Labute approximate surface area is 227 Å². The minimum Gasteiger partial charge on any atom is -0.491 e. The van der Waals surface area contributed by atoms with E-state index in [-0.39, 0.29) is 24.4 Å². The van der Waals surface area contributed by atoms with E-state index in [1.165, 1.54) is 12.1 Å². The zero-order valence-electron chi connectivity index (χ0n) is 21.9. The van der Waals surface area contributed by atoms with Gasteiger partial charge in [-0.1, -0.05) is 30.3 Å². The minimum atomic E-state index is -0.649. The number of hydrogen-bond acceptors (Lipinski definition) is 7. The average Bonchev–Trinajstić information content (AvgIpc) is 3.37. The van der Waals surface area contributed by atoms with E-state index in [9.17, 15) is 14.3 Å². The monoisotopic (exact) mass is 532 g/mol. The lowest BCUT2D eigenvalue weighted by atomic mass is 10.1. The predicted octanol–water partition coefficient (Wildman–Crippen LogP) is 3.87. The second kappa shape index (κ2) is 12.4. The molecule has 0 saturated carbocycles. The van der Waals surface area contributed by atoms with Crippen molar-refractivity contribution in [2.24, 2.45) is 0 Å². The molecule has 3 aromatic carbocycles. The van der Waals surface area contributed by atoms with Gasteiger partial charge in [0.1, 0.15) is 29.8 Å². The summed E-state index contributed by atoms with van der Waals surface area (Å²) in [6.07, 6.45) is -0.649. The van der Waals surface area contributed by atoms with Crippen molar-refractivity contribution in [3.8, 4) is 17.2 Å². The van der Waals surface area contributed by atoms with E-state index >= 15 is 0 Å². The second-order valence-electron chi connectivity index (χ2n) is 9.90. The molecule has 1 saturated heterocycles. The van der Waals surface area contributed by atoms with Gasteiger partial charge in [0.05, 0.1) is 12.6 Å². The highest BCUT2D eigenvalue weighted by Gasteiger charge is 2.22. The lowest BCUT2D eigenvalue weighted by Gasteiger charge is -2.35. The molecule has 0 bridgehead atoms. The van der Waals surface area contributed by atoms with E-state index in [2.05, 4.69) is 20.1 Å². The van der Waals surface area contributed by atoms with Crippen LogP contribution in [0.1, 0.15) is 18.5 Å². The van der Waals surface area contributed by atoms with Crippen molar-refractivity contribution in [3.05, 3.63) is 84.2 Å². The van der Waals surface area contributed by atoms with Gasteiger partial charge in [-0.3, -0.25) is 14.6 Å². The number of amides is 1. The summed E-state index contributed by atoms with van der Waals surface area (Å²) in [7, 11) is 0. The molecule has 0 spiro atoms. The van der Waals surface area contributed by atoms with Gasteiger partial charge in [0.15, 0.2) is 5.58 Å².